The maximum atomic E-state index is 13.1. The summed E-state index contributed by atoms with van der Waals surface area (Å²) in [4.78, 5) is 20.2. The van der Waals surface area contributed by atoms with Gasteiger partial charge in [0, 0.05) is 16.0 Å². The molecule has 1 amide bonds. The molecule has 0 aliphatic heterocycles. The van der Waals surface area contributed by atoms with E-state index in [-0.39, 0.29) is 5.91 Å². The van der Waals surface area contributed by atoms with Crippen molar-refractivity contribution in [1.29, 1.82) is 0 Å². The van der Waals surface area contributed by atoms with E-state index in [0.717, 1.165) is 39.1 Å². The summed E-state index contributed by atoms with van der Waals surface area (Å²) in [6.45, 7) is 4.16. The molecule has 0 spiro atoms. The predicted octanol–water partition coefficient (Wildman–Crippen LogP) is 6.09. The van der Waals surface area contributed by atoms with Gasteiger partial charge in [0.25, 0.3) is 5.91 Å². The molecule has 2 heterocycles. The first-order valence-electron chi connectivity index (χ1n) is 9.01. The number of nitrogens with one attached hydrogen (secondary N) is 1. The van der Waals surface area contributed by atoms with Crippen molar-refractivity contribution in [3.05, 3.63) is 82.7 Å². The molecule has 0 aliphatic rings. The lowest BCUT2D eigenvalue weighted by molar-refractivity contribution is 0.102. The first-order valence-corrected chi connectivity index (χ1v) is 9.83. The van der Waals surface area contributed by atoms with E-state index in [1.54, 1.807) is 11.3 Å². The fraction of sp³-hybridized carbons (Fsp3) is 0.130. The van der Waals surface area contributed by atoms with Crippen molar-refractivity contribution in [1.82, 2.24) is 4.98 Å². The quantitative estimate of drug-likeness (QED) is 0.471. The molecule has 1 N–H and O–H groups in total. The maximum Gasteiger partial charge on any atom is 0.256 e. The maximum absolute atomic E-state index is 13.1. The molecule has 27 heavy (non-hydrogen) atoms. The molecule has 4 rings (SSSR count). The largest absolute Gasteiger partial charge is 0.322 e. The second-order valence-corrected chi connectivity index (χ2v) is 7.74. The second-order valence-electron chi connectivity index (χ2n) is 6.45. The van der Waals surface area contributed by atoms with Gasteiger partial charge >= 0.3 is 0 Å². The number of fused-ring (bicyclic) bond motifs is 1. The van der Waals surface area contributed by atoms with Gasteiger partial charge in [-0.2, -0.15) is 0 Å². The molecule has 4 aromatic rings. The Hall–Kier alpha value is -2.98. The number of aryl methyl sites for hydroxylation is 2. The van der Waals surface area contributed by atoms with Crippen LogP contribution in [0, 0.1) is 6.92 Å². The minimum atomic E-state index is -0.107. The molecule has 0 saturated carbocycles. The minimum absolute atomic E-state index is 0.107. The molecule has 0 saturated heterocycles. The Bertz CT molecular complexity index is 1130. The van der Waals surface area contributed by atoms with Crippen LogP contribution in [0.15, 0.2) is 66.7 Å². The van der Waals surface area contributed by atoms with Crippen molar-refractivity contribution in [2.24, 2.45) is 0 Å². The highest BCUT2D eigenvalue weighted by molar-refractivity contribution is 7.15. The summed E-state index contributed by atoms with van der Waals surface area (Å²) in [6, 6.07) is 21.8. The molecule has 134 valence electrons. The van der Waals surface area contributed by atoms with Gasteiger partial charge in [-0.25, -0.2) is 4.98 Å². The number of carbonyl (C=O) groups is 1. The van der Waals surface area contributed by atoms with Crippen molar-refractivity contribution in [3.8, 4) is 10.6 Å². The number of nitrogens with zero attached hydrogens (tertiary/aromatic N) is 1. The zero-order chi connectivity index (χ0) is 18.8. The van der Waals surface area contributed by atoms with Crippen molar-refractivity contribution >= 4 is 33.8 Å². The molecular formula is C23H20N2OS. The Morgan fingerprint density at radius 2 is 1.81 bits per heavy atom. The van der Waals surface area contributed by atoms with E-state index in [0.29, 0.717) is 5.56 Å². The Kier molecular flexibility index (Phi) is 4.73. The highest BCUT2D eigenvalue weighted by Crippen LogP contribution is 2.30. The molecule has 0 aliphatic carbocycles. The van der Waals surface area contributed by atoms with E-state index in [2.05, 4.69) is 31.3 Å². The Balaban J connectivity index is 1.81. The zero-order valence-corrected chi connectivity index (χ0v) is 16.1. The average molecular weight is 372 g/mol. The number of rotatable bonds is 4. The summed E-state index contributed by atoms with van der Waals surface area (Å²) in [5, 5.41) is 3.95. The lowest BCUT2D eigenvalue weighted by Crippen LogP contribution is -2.14. The van der Waals surface area contributed by atoms with Crippen LogP contribution in [0.4, 0.5) is 5.69 Å². The van der Waals surface area contributed by atoms with Gasteiger partial charge in [0.2, 0.25) is 0 Å². The van der Waals surface area contributed by atoms with Crippen LogP contribution in [-0.4, -0.2) is 10.9 Å². The highest BCUT2D eigenvalue weighted by Gasteiger charge is 2.15. The van der Waals surface area contributed by atoms with Gasteiger partial charge in [0.05, 0.1) is 21.7 Å². The van der Waals surface area contributed by atoms with Crippen LogP contribution in [-0.2, 0) is 6.42 Å². The van der Waals surface area contributed by atoms with Crippen molar-refractivity contribution < 1.29 is 4.79 Å². The first-order chi connectivity index (χ1) is 13.2. The number of carbonyl (C=O) groups excluding carboxylic acids is 1. The fourth-order valence-corrected chi connectivity index (χ4v) is 4.03. The van der Waals surface area contributed by atoms with Crippen LogP contribution >= 0.6 is 11.3 Å². The Morgan fingerprint density at radius 3 is 2.59 bits per heavy atom. The van der Waals surface area contributed by atoms with Gasteiger partial charge in [-0.1, -0.05) is 43.3 Å². The Labute approximate surface area is 162 Å². The molecule has 2 aromatic heterocycles. The summed E-state index contributed by atoms with van der Waals surface area (Å²) >= 11 is 1.69. The summed E-state index contributed by atoms with van der Waals surface area (Å²) in [7, 11) is 0. The first kappa shape index (κ1) is 17.4. The zero-order valence-electron chi connectivity index (χ0n) is 15.3. The van der Waals surface area contributed by atoms with Gasteiger partial charge in [-0.05, 0) is 49.2 Å². The number of para-hydroxylation sites is 2. The van der Waals surface area contributed by atoms with Crippen molar-refractivity contribution in [2.45, 2.75) is 20.3 Å². The molecule has 4 heteroatoms. The lowest BCUT2D eigenvalue weighted by atomic mass is 10.1. The molecule has 0 unspecified atom stereocenters. The SMILES string of the molecule is CCc1ccccc1NC(=O)c1cc(-c2ccc(C)s2)nc2ccccc12. The number of amides is 1. The van der Waals surface area contributed by atoms with Crippen LogP contribution in [0.5, 0.6) is 0 Å². The number of thiophene rings is 1. The summed E-state index contributed by atoms with van der Waals surface area (Å²) in [5.41, 5.74) is 4.29. The van der Waals surface area contributed by atoms with Gasteiger partial charge in [-0.15, -0.1) is 11.3 Å². The summed E-state index contributed by atoms with van der Waals surface area (Å²) < 4.78 is 0. The highest BCUT2D eigenvalue weighted by atomic mass is 32.1. The van der Waals surface area contributed by atoms with E-state index in [4.69, 9.17) is 4.98 Å². The predicted molar refractivity (Wildman–Crippen MR) is 114 cm³/mol. The number of aromatic nitrogens is 1. The van der Waals surface area contributed by atoms with Crippen molar-refractivity contribution in [3.63, 3.8) is 0 Å². The van der Waals surface area contributed by atoms with Crippen LogP contribution < -0.4 is 5.32 Å². The standard InChI is InChI=1S/C23H20N2OS/c1-3-16-8-4-6-10-19(16)25-23(26)18-14-21(22-13-12-15(2)27-22)24-20-11-7-5-9-17(18)20/h4-14H,3H2,1-2H3,(H,25,26). The van der Waals surface area contributed by atoms with E-state index >= 15 is 0 Å². The van der Waals surface area contributed by atoms with Gasteiger partial charge < -0.3 is 5.32 Å². The molecule has 3 nitrogen and oxygen atoms in total. The van der Waals surface area contributed by atoms with Gasteiger partial charge in [0.1, 0.15) is 0 Å². The third kappa shape index (κ3) is 3.49. The van der Waals surface area contributed by atoms with Crippen LogP contribution in [0.3, 0.4) is 0 Å². The summed E-state index contributed by atoms with van der Waals surface area (Å²) in [5.74, 6) is -0.107. The topological polar surface area (TPSA) is 42.0 Å². The number of hydrogen-bond donors (Lipinski definition) is 1. The van der Waals surface area contributed by atoms with Gasteiger partial charge in [0.15, 0.2) is 0 Å². The van der Waals surface area contributed by atoms with E-state index < -0.39 is 0 Å². The van der Waals surface area contributed by atoms with E-state index in [1.165, 1.54) is 4.88 Å². The number of hydrogen-bond acceptors (Lipinski definition) is 3. The third-order valence-corrected chi connectivity index (χ3v) is 5.62. The normalized spacial score (nSPS) is 10.9. The monoisotopic (exact) mass is 372 g/mol. The fourth-order valence-electron chi connectivity index (χ4n) is 3.20. The smallest absolute Gasteiger partial charge is 0.256 e. The average Bonchev–Trinajstić information content (AvgIpc) is 3.14. The van der Waals surface area contributed by atoms with Crippen LogP contribution in [0.25, 0.3) is 21.5 Å². The number of benzene rings is 2. The molecule has 0 fully saturated rings. The molecule has 0 radical (unpaired) electrons. The number of anilines is 1. The van der Waals surface area contributed by atoms with Crippen molar-refractivity contribution in [2.75, 3.05) is 5.32 Å². The number of pyridine rings is 1. The third-order valence-electron chi connectivity index (χ3n) is 4.60. The molecule has 0 atom stereocenters. The lowest BCUT2D eigenvalue weighted by Gasteiger charge is -2.12. The minimum Gasteiger partial charge on any atom is -0.322 e. The van der Waals surface area contributed by atoms with E-state index in [9.17, 15) is 4.79 Å². The summed E-state index contributed by atoms with van der Waals surface area (Å²) in [6.07, 6.45) is 0.868. The Morgan fingerprint density at radius 1 is 1.04 bits per heavy atom. The second kappa shape index (κ2) is 7.33. The molecular weight excluding hydrogens is 352 g/mol. The van der Waals surface area contributed by atoms with Crippen LogP contribution in [0.1, 0.15) is 27.7 Å². The van der Waals surface area contributed by atoms with Gasteiger partial charge in [-0.3, -0.25) is 4.79 Å². The molecule has 2 aromatic carbocycles. The molecule has 0 bridgehead atoms. The van der Waals surface area contributed by atoms with E-state index in [1.807, 2.05) is 54.6 Å². The van der Waals surface area contributed by atoms with Crippen LogP contribution in [0.2, 0.25) is 0 Å².